The number of rotatable bonds is 1. The number of pyridine rings is 1. The van der Waals surface area contributed by atoms with Crippen molar-refractivity contribution in [3.8, 4) is 11.8 Å². The van der Waals surface area contributed by atoms with Crippen LogP contribution in [-0.4, -0.2) is 15.2 Å². The van der Waals surface area contributed by atoms with E-state index in [0.717, 1.165) is 10.9 Å². The Hall–Kier alpha value is -2.88. The van der Waals surface area contributed by atoms with Gasteiger partial charge in [-0.25, -0.2) is 0 Å². The van der Waals surface area contributed by atoms with Crippen molar-refractivity contribution in [2.24, 2.45) is 0 Å². The van der Waals surface area contributed by atoms with Crippen molar-refractivity contribution in [3.63, 3.8) is 0 Å². The van der Waals surface area contributed by atoms with Gasteiger partial charge in [0.25, 0.3) is 5.91 Å². The second kappa shape index (κ2) is 7.51. The highest BCUT2D eigenvalue weighted by Crippen LogP contribution is 2.29. The Morgan fingerprint density at radius 2 is 1.93 bits per heavy atom. The molecule has 0 unspecified atom stereocenters. The van der Waals surface area contributed by atoms with Gasteiger partial charge < -0.3 is 9.73 Å². The van der Waals surface area contributed by atoms with Crippen LogP contribution in [0.4, 0.5) is 0 Å². The number of fused-ring (bicyclic) bond motifs is 1. The molecule has 0 saturated carbocycles. The van der Waals surface area contributed by atoms with E-state index in [2.05, 4.69) is 55.0 Å². The molecule has 4 rings (SSSR count). The third-order valence-electron chi connectivity index (χ3n) is 4.45. The van der Waals surface area contributed by atoms with Crippen molar-refractivity contribution in [1.29, 1.82) is 0 Å². The molecule has 1 aliphatic rings. The minimum atomic E-state index is -0.211. The zero-order valence-electron chi connectivity index (χ0n) is 16.2. The summed E-state index contributed by atoms with van der Waals surface area (Å²) in [5.41, 5.74) is 3.65. The second-order valence-corrected chi connectivity index (χ2v) is 9.40. The molecule has 0 aliphatic carbocycles. The van der Waals surface area contributed by atoms with Gasteiger partial charge in [0, 0.05) is 29.4 Å². The van der Waals surface area contributed by atoms with E-state index in [1.165, 1.54) is 17.3 Å². The van der Waals surface area contributed by atoms with Gasteiger partial charge in [0.1, 0.15) is 10.1 Å². The van der Waals surface area contributed by atoms with Gasteiger partial charge >= 0.3 is 0 Å². The summed E-state index contributed by atoms with van der Waals surface area (Å²) in [6.45, 7) is 6.56. The summed E-state index contributed by atoms with van der Waals surface area (Å²) in [6.07, 6.45) is 5.09. The van der Waals surface area contributed by atoms with Crippen LogP contribution in [0.1, 0.15) is 43.2 Å². The molecule has 1 aliphatic heterocycles. The van der Waals surface area contributed by atoms with Gasteiger partial charge in [0.15, 0.2) is 5.58 Å². The number of aromatic nitrogens is 1. The van der Waals surface area contributed by atoms with Crippen LogP contribution in [-0.2, 0) is 10.2 Å². The van der Waals surface area contributed by atoms with E-state index in [1.807, 2.05) is 18.2 Å². The lowest BCUT2D eigenvalue weighted by atomic mass is 9.87. The monoisotopic (exact) mass is 418 g/mol. The number of amides is 1. The van der Waals surface area contributed by atoms with Gasteiger partial charge in [-0.3, -0.25) is 9.78 Å². The fourth-order valence-electron chi connectivity index (χ4n) is 2.89. The zero-order valence-corrected chi connectivity index (χ0v) is 17.8. The van der Waals surface area contributed by atoms with Gasteiger partial charge in [-0.1, -0.05) is 68.7 Å². The number of carbonyl (C=O) groups is 1. The number of furan rings is 1. The normalized spacial score (nSPS) is 15.5. The Bertz CT molecular complexity index is 1220. The highest BCUT2D eigenvalue weighted by Gasteiger charge is 2.22. The van der Waals surface area contributed by atoms with Crippen LogP contribution >= 0.6 is 24.0 Å². The smallest absolute Gasteiger partial charge is 0.263 e. The maximum absolute atomic E-state index is 11.9. The zero-order chi connectivity index (χ0) is 20.6. The molecular formula is C23H18N2O2S2. The maximum Gasteiger partial charge on any atom is 0.263 e. The van der Waals surface area contributed by atoms with Crippen molar-refractivity contribution in [1.82, 2.24) is 10.3 Å². The molecule has 4 nitrogen and oxygen atoms in total. The largest absolute Gasteiger partial charge is 0.455 e. The molecule has 0 spiro atoms. The van der Waals surface area contributed by atoms with E-state index in [9.17, 15) is 4.79 Å². The summed E-state index contributed by atoms with van der Waals surface area (Å²) in [7, 11) is 0. The van der Waals surface area contributed by atoms with Crippen molar-refractivity contribution in [3.05, 3.63) is 70.1 Å². The maximum atomic E-state index is 11.9. The Balaban J connectivity index is 1.65. The summed E-state index contributed by atoms with van der Waals surface area (Å²) >= 11 is 6.24. The average molecular weight is 419 g/mol. The Morgan fingerprint density at radius 3 is 2.59 bits per heavy atom. The number of thioether (sulfide) groups is 1. The van der Waals surface area contributed by atoms with Crippen molar-refractivity contribution in [2.45, 2.75) is 26.2 Å². The van der Waals surface area contributed by atoms with Crippen molar-refractivity contribution < 1.29 is 9.21 Å². The van der Waals surface area contributed by atoms with Crippen molar-refractivity contribution >= 4 is 51.3 Å². The Morgan fingerprint density at radius 1 is 1.17 bits per heavy atom. The molecule has 0 atom stereocenters. The topological polar surface area (TPSA) is 55.1 Å². The lowest BCUT2D eigenvalue weighted by Gasteiger charge is -2.18. The van der Waals surface area contributed by atoms with Gasteiger partial charge in [-0.2, -0.15) is 0 Å². The van der Waals surface area contributed by atoms with Crippen LogP contribution in [0.25, 0.3) is 17.0 Å². The first-order valence-corrected chi connectivity index (χ1v) is 10.3. The number of carbonyl (C=O) groups excluding carboxylic acids is 1. The molecule has 0 radical (unpaired) electrons. The molecule has 29 heavy (non-hydrogen) atoms. The summed E-state index contributed by atoms with van der Waals surface area (Å²) in [5, 5.41) is 3.43. The summed E-state index contributed by atoms with van der Waals surface area (Å²) in [6, 6.07) is 10.1. The number of hydrogen-bond donors (Lipinski definition) is 1. The molecule has 1 N–H and O–H groups in total. The third kappa shape index (κ3) is 4.26. The third-order valence-corrected chi connectivity index (χ3v) is 5.61. The average Bonchev–Trinajstić information content (AvgIpc) is 3.22. The van der Waals surface area contributed by atoms with E-state index in [4.69, 9.17) is 16.6 Å². The van der Waals surface area contributed by atoms with Gasteiger partial charge in [0.2, 0.25) is 0 Å². The fourth-order valence-corrected chi connectivity index (χ4v) is 3.91. The number of nitrogens with one attached hydrogen (secondary N) is 1. The number of hydrogen-bond acceptors (Lipinski definition) is 5. The predicted molar refractivity (Wildman–Crippen MR) is 121 cm³/mol. The Kier molecular flexibility index (Phi) is 5.03. The van der Waals surface area contributed by atoms with E-state index in [0.29, 0.717) is 26.1 Å². The molecule has 1 aromatic carbocycles. The first-order valence-electron chi connectivity index (χ1n) is 9.04. The number of benzene rings is 1. The highest BCUT2D eigenvalue weighted by atomic mass is 32.2. The SMILES string of the molecule is CC(C)(C)c1ccc(C#Cc2cncc3cc(C=C4SC(=S)NC4=O)oc23)cc1. The first kappa shape index (κ1) is 19.4. The second-order valence-electron chi connectivity index (χ2n) is 7.68. The fraction of sp³-hybridized carbons (Fsp3) is 0.174. The van der Waals surface area contributed by atoms with E-state index < -0.39 is 0 Å². The minimum Gasteiger partial charge on any atom is -0.455 e. The van der Waals surface area contributed by atoms with Gasteiger partial charge in [0.05, 0.1) is 10.5 Å². The van der Waals surface area contributed by atoms with E-state index >= 15 is 0 Å². The summed E-state index contributed by atoms with van der Waals surface area (Å²) < 4.78 is 6.39. The number of thiocarbonyl (C=S) groups is 1. The molecule has 1 amide bonds. The van der Waals surface area contributed by atoms with Gasteiger partial charge in [-0.05, 0) is 29.2 Å². The lowest BCUT2D eigenvalue weighted by Crippen LogP contribution is -2.17. The summed E-state index contributed by atoms with van der Waals surface area (Å²) in [5.74, 6) is 6.68. The molecule has 1 saturated heterocycles. The minimum absolute atomic E-state index is 0.110. The molecule has 0 bridgehead atoms. The summed E-state index contributed by atoms with van der Waals surface area (Å²) in [4.78, 5) is 16.6. The van der Waals surface area contributed by atoms with Gasteiger partial charge in [-0.15, -0.1) is 0 Å². The Labute approximate surface area is 178 Å². The van der Waals surface area contributed by atoms with Crippen LogP contribution < -0.4 is 5.32 Å². The molecule has 1 fully saturated rings. The van der Waals surface area contributed by atoms with Crippen LogP contribution in [0.5, 0.6) is 0 Å². The van der Waals surface area contributed by atoms with Crippen LogP contribution in [0.3, 0.4) is 0 Å². The predicted octanol–water partition coefficient (Wildman–Crippen LogP) is 5.01. The molecule has 3 aromatic rings. The lowest BCUT2D eigenvalue weighted by molar-refractivity contribution is -0.115. The molecular weight excluding hydrogens is 400 g/mol. The molecule has 144 valence electrons. The molecule has 6 heteroatoms. The van der Waals surface area contributed by atoms with E-state index in [1.54, 1.807) is 18.5 Å². The number of nitrogens with zero attached hydrogens (tertiary/aromatic N) is 1. The first-order chi connectivity index (χ1) is 13.8. The van der Waals surface area contributed by atoms with Crippen LogP contribution in [0, 0.1) is 11.8 Å². The molecule has 3 heterocycles. The standard InChI is InChI=1S/C23H18N2O2S2/c1-23(2,3)17-8-5-14(6-9-17)4-7-15-12-24-13-16-10-18(27-20(15)16)11-19-21(26)25-22(28)29-19/h5-6,8-13H,1-3H3,(H,25,26,28). The van der Waals surface area contributed by atoms with E-state index in [-0.39, 0.29) is 11.3 Å². The quantitative estimate of drug-likeness (QED) is 0.342. The van der Waals surface area contributed by atoms with Crippen LogP contribution in [0.15, 0.2) is 52.0 Å². The van der Waals surface area contributed by atoms with Crippen molar-refractivity contribution in [2.75, 3.05) is 0 Å². The van der Waals surface area contributed by atoms with Crippen LogP contribution in [0.2, 0.25) is 0 Å². The highest BCUT2D eigenvalue weighted by molar-refractivity contribution is 8.26. The molecule has 2 aromatic heterocycles.